The predicted octanol–water partition coefficient (Wildman–Crippen LogP) is 5.04. The van der Waals surface area contributed by atoms with Crippen molar-refractivity contribution in [3.63, 3.8) is 0 Å². The quantitative estimate of drug-likeness (QED) is 0.613. The van der Waals surface area contributed by atoms with E-state index in [2.05, 4.69) is 58.2 Å². The van der Waals surface area contributed by atoms with Crippen molar-refractivity contribution in [2.45, 2.75) is 45.7 Å². The molecule has 0 aliphatic carbocycles. The summed E-state index contributed by atoms with van der Waals surface area (Å²) in [5.41, 5.74) is 6.27. The molecule has 0 saturated carbocycles. The highest BCUT2D eigenvalue weighted by Gasteiger charge is 2.21. The third-order valence-corrected chi connectivity index (χ3v) is 6.95. The number of hydrogen-bond donors (Lipinski definition) is 0. The molecule has 0 atom stereocenters. The first-order valence-corrected chi connectivity index (χ1v) is 11.3. The molecule has 5 rings (SSSR count). The fraction of sp³-hybridized carbons (Fsp3) is 0.375. The summed E-state index contributed by atoms with van der Waals surface area (Å²) in [4.78, 5) is 19.4. The Kier molecular flexibility index (Phi) is 5.25. The number of rotatable bonds is 4. The first kappa shape index (κ1) is 18.6. The van der Waals surface area contributed by atoms with Crippen LogP contribution in [0.25, 0.3) is 10.4 Å². The van der Waals surface area contributed by atoms with Crippen LogP contribution in [0.15, 0.2) is 47.6 Å². The molecule has 0 amide bonds. The van der Waals surface area contributed by atoms with Crippen LogP contribution in [0.1, 0.15) is 46.8 Å². The highest BCUT2D eigenvalue weighted by atomic mass is 32.1. The van der Waals surface area contributed by atoms with Crippen molar-refractivity contribution < 1.29 is 0 Å². The van der Waals surface area contributed by atoms with Gasteiger partial charge >= 0.3 is 0 Å². The van der Waals surface area contributed by atoms with Gasteiger partial charge in [0.25, 0.3) is 0 Å². The van der Waals surface area contributed by atoms with Crippen LogP contribution in [0.5, 0.6) is 0 Å². The second-order valence-electron chi connectivity index (χ2n) is 7.99. The fourth-order valence-electron chi connectivity index (χ4n) is 4.21. The number of thiophene rings is 1. The molecule has 0 N–H and O–H groups in total. The van der Waals surface area contributed by atoms with Gasteiger partial charge in [0.15, 0.2) is 5.82 Å². The normalized spacial score (nSPS) is 17.1. The minimum atomic E-state index is 0.859. The van der Waals surface area contributed by atoms with E-state index in [1.54, 1.807) is 0 Å². The summed E-state index contributed by atoms with van der Waals surface area (Å²) in [7, 11) is 0. The van der Waals surface area contributed by atoms with E-state index < -0.39 is 0 Å². The number of nitrogens with zero attached hydrogens (tertiary/aromatic N) is 4. The van der Waals surface area contributed by atoms with Crippen molar-refractivity contribution >= 4 is 17.0 Å². The smallest absolute Gasteiger partial charge is 0.173 e. The summed E-state index contributed by atoms with van der Waals surface area (Å²) < 4.78 is 0. The standard InChI is InChI=1S/C24H26N4S/c1-17-6-2-3-7-20(17)23-10-9-19(29-23)16-28-13-11-21-18(15-28)14-26-24(27-21)22-8-4-5-12-25-22/h2-3,6-7,9-10,14H,4-5,8,11-13,15-16H2,1H3. The summed E-state index contributed by atoms with van der Waals surface area (Å²) in [5, 5.41) is 0. The SMILES string of the molecule is Cc1ccccc1-c1ccc(CN2CCc3nc(C4=NCCCC4)ncc3C2)s1. The maximum Gasteiger partial charge on any atom is 0.173 e. The van der Waals surface area contributed by atoms with Crippen LogP contribution in [-0.2, 0) is 19.5 Å². The van der Waals surface area contributed by atoms with E-state index in [4.69, 9.17) is 4.98 Å². The van der Waals surface area contributed by atoms with Crippen LogP contribution in [-0.4, -0.2) is 33.7 Å². The predicted molar refractivity (Wildman–Crippen MR) is 120 cm³/mol. The summed E-state index contributed by atoms with van der Waals surface area (Å²) in [6.45, 7) is 6.08. The average Bonchev–Trinajstić information content (AvgIpc) is 3.22. The molecule has 0 fully saturated rings. The van der Waals surface area contributed by atoms with Gasteiger partial charge in [-0.1, -0.05) is 24.3 Å². The Morgan fingerprint density at radius 3 is 2.86 bits per heavy atom. The minimum absolute atomic E-state index is 0.859. The van der Waals surface area contributed by atoms with Crippen molar-refractivity contribution in [2.75, 3.05) is 13.1 Å². The summed E-state index contributed by atoms with van der Waals surface area (Å²) in [6, 6.07) is 13.2. The van der Waals surface area contributed by atoms with Crippen molar-refractivity contribution in [1.82, 2.24) is 14.9 Å². The second-order valence-corrected chi connectivity index (χ2v) is 9.16. The molecule has 0 unspecified atom stereocenters. The largest absolute Gasteiger partial charge is 0.293 e. The molecular weight excluding hydrogens is 376 g/mol. The van der Waals surface area contributed by atoms with Crippen LogP contribution in [0.2, 0.25) is 0 Å². The zero-order valence-electron chi connectivity index (χ0n) is 16.9. The Hall–Kier alpha value is -2.37. The van der Waals surface area contributed by atoms with E-state index >= 15 is 0 Å². The van der Waals surface area contributed by atoms with Crippen LogP contribution < -0.4 is 0 Å². The van der Waals surface area contributed by atoms with Crippen molar-refractivity contribution in [2.24, 2.45) is 4.99 Å². The Morgan fingerprint density at radius 1 is 1.07 bits per heavy atom. The number of aryl methyl sites for hydroxylation is 1. The Labute approximate surface area is 176 Å². The lowest BCUT2D eigenvalue weighted by Crippen LogP contribution is -2.31. The van der Waals surface area contributed by atoms with E-state index in [0.29, 0.717) is 0 Å². The summed E-state index contributed by atoms with van der Waals surface area (Å²) in [6.07, 6.45) is 6.45. The van der Waals surface area contributed by atoms with Crippen LogP contribution in [0.4, 0.5) is 0 Å². The monoisotopic (exact) mass is 402 g/mol. The number of benzene rings is 1. The zero-order chi connectivity index (χ0) is 19.6. The van der Waals surface area contributed by atoms with Gasteiger partial charge in [0.05, 0.1) is 11.4 Å². The fourth-order valence-corrected chi connectivity index (χ4v) is 5.35. The van der Waals surface area contributed by atoms with Crippen molar-refractivity contribution in [1.29, 1.82) is 0 Å². The molecule has 0 spiro atoms. The van der Waals surface area contributed by atoms with Gasteiger partial charge in [0.2, 0.25) is 0 Å². The highest BCUT2D eigenvalue weighted by Crippen LogP contribution is 2.31. The topological polar surface area (TPSA) is 41.4 Å². The van der Waals surface area contributed by atoms with Gasteiger partial charge in [-0.3, -0.25) is 9.89 Å². The van der Waals surface area contributed by atoms with Crippen LogP contribution >= 0.6 is 11.3 Å². The van der Waals surface area contributed by atoms with Gasteiger partial charge in [0, 0.05) is 54.1 Å². The van der Waals surface area contributed by atoms with Gasteiger partial charge in [-0.15, -0.1) is 11.3 Å². The minimum Gasteiger partial charge on any atom is -0.293 e. The van der Waals surface area contributed by atoms with Gasteiger partial charge in [-0.25, -0.2) is 9.97 Å². The molecule has 0 saturated heterocycles. The number of hydrogen-bond acceptors (Lipinski definition) is 5. The lowest BCUT2D eigenvalue weighted by molar-refractivity contribution is 0.245. The molecule has 3 aromatic rings. The summed E-state index contributed by atoms with van der Waals surface area (Å²) in [5.74, 6) is 0.859. The van der Waals surface area contributed by atoms with Gasteiger partial charge < -0.3 is 0 Å². The molecule has 1 aromatic carbocycles. The number of aromatic nitrogens is 2. The third kappa shape index (κ3) is 4.02. The number of aliphatic imine (C=N–C) groups is 1. The molecule has 2 aliphatic heterocycles. The van der Waals surface area contributed by atoms with E-state index in [1.807, 2.05) is 17.5 Å². The second kappa shape index (κ2) is 8.17. The molecule has 2 aliphatic rings. The molecule has 0 bridgehead atoms. The molecule has 0 radical (unpaired) electrons. The van der Waals surface area contributed by atoms with Gasteiger partial charge in [-0.05, 0) is 49.4 Å². The number of fused-ring (bicyclic) bond motifs is 1. The van der Waals surface area contributed by atoms with Crippen LogP contribution in [0.3, 0.4) is 0 Å². The average molecular weight is 403 g/mol. The lowest BCUT2D eigenvalue weighted by Gasteiger charge is -2.27. The Bertz CT molecular complexity index is 1050. The van der Waals surface area contributed by atoms with Gasteiger partial charge in [-0.2, -0.15) is 0 Å². The first-order chi connectivity index (χ1) is 14.3. The first-order valence-electron chi connectivity index (χ1n) is 10.5. The molecule has 148 valence electrons. The maximum atomic E-state index is 4.87. The Balaban J connectivity index is 1.28. The maximum absolute atomic E-state index is 4.87. The molecule has 4 heterocycles. The van der Waals surface area contributed by atoms with E-state index in [1.165, 1.54) is 45.0 Å². The van der Waals surface area contributed by atoms with Crippen molar-refractivity contribution in [3.05, 3.63) is 70.1 Å². The van der Waals surface area contributed by atoms with E-state index in [9.17, 15) is 0 Å². The Morgan fingerprint density at radius 2 is 2.00 bits per heavy atom. The summed E-state index contributed by atoms with van der Waals surface area (Å²) >= 11 is 1.91. The third-order valence-electron chi connectivity index (χ3n) is 5.85. The van der Waals surface area contributed by atoms with E-state index in [0.717, 1.165) is 50.6 Å². The zero-order valence-corrected chi connectivity index (χ0v) is 17.7. The molecule has 5 heteroatoms. The lowest BCUT2D eigenvalue weighted by atomic mass is 10.1. The van der Waals surface area contributed by atoms with E-state index in [-0.39, 0.29) is 0 Å². The van der Waals surface area contributed by atoms with Crippen molar-refractivity contribution in [3.8, 4) is 10.4 Å². The highest BCUT2D eigenvalue weighted by molar-refractivity contribution is 7.15. The molecule has 2 aromatic heterocycles. The van der Waals surface area contributed by atoms with Gasteiger partial charge in [0.1, 0.15) is 0 Å². The molecular formula is C24H26N4S. The van der Waals surface area contributed by atoms with Crippen LogP contribution in [0, 0.1) is 6.92 Å². The molecule has 4 nitrogen and oxygen atoms in total. The molecule has 29 heavy (non-hydrogen) atoms.